The number of hydrogen-bond donors (Lipinski definition) is 1. The molecule has 1 fully saturated rings. The first kappa shape index (κ1) is 12.8. The zero-order valence-electron chi connectivity index (χ0n) is 9.52. The third kappa shape index (κ3) is 3.40. The largest absolute Gasteiger partial charge is 0.450 e. The van der Waals surface area contributed by atoms with Crippen LogP contribution >= 0.6 is 0 Å². The molecule has 0 unspecified atom stereocenters. The topological polar surface area (TPSA) is 64.8 Å². The van der Waals surface area contributed by atoms with E-state index in [0.29, 0.717) is 26.1 Å². The molecule has 0 radical (unpaired) electrons. The number of hydrogen-bond acceptors (Lipinski definition) is 4. The van der Waals surface area contributed by atoms with Crippen LogP contribution < -0.4 is 5.73 Å². The summed E-state index contributed by atoms with van der Waals surface area (Å²) in [6.45, 7) is 3.42. The molecule has 16 heavy (non-hydrogen) atoms. The monoisotopic (exact) mass is 226 g/mol. The van der Waals surface area contributed by atoms with Crippen LogP contribution in [-0.2, 0) is 9.47 Å². The maximum Gasteiger partial charge on any atom is 0.409 e. The number of nitrogens with zero attached hydrogens (tertiary/aromatic N) is 1. The molecule has 0 aliphatic carbocycles. The molecule has 2 atom stereocenters. The van der Waals surface area contributed by atoms with Crippen molar-refractivity contribution in [2.45, 2.75) is 25.5 Å². The second kappa shape index (κ2) is 6.36. The number of nitrogens with two attached hydrogens (primary N) is 1. The molecule has 1 aliphatic heterocycles. The number of amides is 1. The van der Waals surface area contributed by atoms with Crippen LogP contribution in [0, 0.1) is 12.3 Å². The molecule has 1 heterocycles. The fourth-order valence-electron chi connectivity index (χ4n) is 1.65. The Morgan fingerprint density at radius 2 is 2.44 bits per heavy atom. The normalized spacial score (nSPS) is 24.9. The summed E-state index contributed by atoms with van der Waals surface area (Å²) in [7, 11) is 0. The molecular formula is C11H18N2O3. The van der Waals surface area contributed by atoms with Gasteiger partial charge in [0.25, 0.3) is 0 Å². The van der Waals surface area contributed by atoms with Gasteiger partial charge >= 0.3 is 6.09 Å². The number of rotatable bonds is 3. The standard InChI is InChI=1S/C11H18N2O3/c1-3-7-16-10-8-13(6-5-9(10)12)11(14)15-4-2/h1,9-10H,4-8,12H2,2H3/t9-,10+/m0/s1. The van der Waals surface area contributed by atoms with E-state index in [2.05, 4.69) is 5.92 Å². The van der Waals surface area contributed by atoms with Crippen LogP contribution in [0.3, 0.4) is 0 Å². The van der Waals surface area contributed by atoms with Gasteiger partial charge in [-0.3, -0.25) is 0 Å². The Bertz CT molecular complexity index is 275. The number of likely N-dealkylation sites (tertiary alicyclic amines) is 1. The lowest BCUT2D eigenvalue weighted by molar-refractivity contribution is 0.000542. The predicted octanol–water partition coefficient (Wildman–Crippen LogP) is 0.194. The zero-order chi connectivity index (χ0) is 12.0. The molecular weight excluding hydrogens is 208 g/mol. The first-order valence-electron chi connectivity index (χ1n) is 5.41. The van der Waals surface area contributed by atoms with Crippen molar-refractivity contribution in [3.63, 3.8) is 0 Å². The summed E-state index contributed by atoms with van der Waals surface area (Å²) in [6, 6.07) is -0.0703. The van der Waals surface area contributed by atoms with Crippen LogP contribution in [0.2, 0.25) is 0 Å². The Labute approximate surface area is 95.9 Å². The lowest BCUT2D eigenvalue weighted by Crippen LogP contribution is -2.53. The highest BCUT2D eigenvalue weighted by atomic mass is 16.6. The van der Waals surface area contributed by atoms with Crippen molar-refractivity contribution < 1.29 is 14.3 Å². The van der Waals surface area contributed by atoms with Crippen molar-refractivity contribution in [2.24, 2.45) is 5.73 Å². The maximum atomic E-state index is 11.5. The average Bonchev–Trinajstić information content (AvgIpc) is 2.28. The maximum absolute atomic E-state index is 11.5. The number of carbonyl (C=O) groups excluding carboxylic acids is 1. The van der Waals surface area contributed by atoms with Crippen LogP contribution in [0.4, 0.5) is 4.79 Å². The van der Waals surface area contributed by atoms with Crippen molar-refractivity contribution in [2.75, 3.05) is 26.3 Å². The first-order valence-corrected chi connectivity index (χ1v) is 5.41. The molecule has 0 bridgehead atoms. The minimum Gasteiger partial charge on any atom is -0.450 e. The van der Waals surface area contributed by atoms with E-state index in [1.165, 1.54) is 0 Å². The molecule has 1 saturated heterocycles. The van der Waals surface area contributed by atoms with Gasteiger partial charge in [0.15, 0.2) is 0 Å². The van der Waals surface area contributed by atoms with Gasteiger partial charge in [-0.05, 0) is 13.3 Å². The van der Waals surface area contributed by atoms with E-state index >= 15 is 0 Å². The van der Waals surface area contributed by atoms with Crippen LogP contribution in [0.1, 0.15) is 13.3 Å². The fraction of sp³-hybridized carbons (Fsp3) is 0.727. The molecule has 0 spiro atoms. The Balaban J connectivity index is 2.47. The Kier molecular flexibility index (Phi) is 5.09. The highest BCUT2D eigenvalue weighted by Crippen LogP contribution is 2.13. The van der Waals surface area contributed by atoms with Crippen molar-refractivity contribution in [1.82, 2.24) is 4.90 Å². The smallest absolute Gasteiger partial charge is 0.409 e. The molecule has 0 aromatic rings. The molecule has 0 saturated carbocycles. The summed E-state index contributed by atoms with van der Waals surface area (Å²) in [4.78, 5) is 13.1. The lowest BCUT2D eigenvalue weighted by Gasteiger charge is -2.35. The van der Waals surface area contributed by atoms with Gasteiger partial charge in [0, 0.05) is 12.6 Å². The third-order valence-corrected chi connectivity index (χ3v) is 2.52. The second-order valence-electron chi connectivity index (χ2n) is 3.65. The van der Waals surface area contributed by atoms with E-state index in [1.54, 1.807) is 11.8 Å². The van der Waals surface area contributed by atoms with E-state index < -0.39 is 0 Å². The SMILES string of the molecule is C#CCO[C@@H]1CN(C(=O)OCC)CC[C@@H]1N. The Morgan fingerprint density at radius 3 is 3.06 bits per heavy atom. The minimum atomic E-state index is -0.316. The molecule has 0 aromatic carbocycles. The van der Waals surface area contributed by atoms with Gasteiger partial charge in [0.05, 0.1) is 19.3 Å². The Hall–Kier alpha value is -1.25. The third-order valence-electron chi connectivity index (χ3n) is 2.52. The lowest BCUT2D eigenvalue weighted by atomic mass is 10.0. The van der Waals surface area contributed by atoms with Crippen LogP contribution in [0.15, 0.2) is 0 Å². The fourth-order valence-corrected chi connectivity index (χ4v) is 1.65. The predicted molar refractivity (Wildman–Crippen MR) is 59.8 cm³/mol. The highest BCUT2D eigenvalue weighted by molar-refractivity contribution is 5.67. The summed E-state index contributed by atoms with van der Waals surface area (Å²) < 4.78 is 10.3. The number of piperidine rings is 1. The molecule has 90 valence electrons. The minimum absolute atomic E-state index is 0.0703. The van der Waals surface area contributed by atoms with Gasteiger partial charge in [-0.1, -0.05) is 5.92 Å². The molecule has 2 N–H and O–H groups in total. The van der Waals surface area contributed by atoms with E-state index in [1.807, 2.05) is 0 Å². The summed E-state index contributed by atoms with van der Waals surface area (Å²) in [6.07, 6.45) is 5.30. The van der Waals surface area contributed by atoms with Crippen molar-refractivity contribution in [1.29, 1.82) is 0 Å². The first-order chi connectivity index (χ1) is 7.69. The van der Waals surface area contributed by atoms with Crippen molar-refractivity contribution in [3.8, 4) is 12.3 Å². The number of ether oxygens (including phenoxy) is 2. The summed E-state index contributed by atoms with van der Waals surface area (Å²) >= 11 is 0. The van der Waals surface area contributed by atoms with E-state index in [9.17, 15) is 4.79 Å². The van der Waals surface area contributed by atoms with E-state index in [4.69, 9.17) is 21.6 Å². The van der Waals surface area contributed by atoms with Crippen LogP contribution in [-0.4, -0.2) is 49.4 Å². The van der Waals surface area contributed by atoms with E-state index in [0.717, 1.165) is 0 Å². The van der Waals surface area contributed by atoms with Gasteiger partial charge in [-0.2, -0.15) is 0 Å². The number of terminal acetylenes is 1. The van der Waals surface area contributed by atoms with Crippen LogP contribution in [0.5, 0.6) is 0 Å². The van der Waals surface area contributed by atoms with E-state index in [-0.39, 0.29) is 24.8 Å². The molecule has 1 aliphatic rings. The van der Waals surface area contributed by atoms with Crippen molar-refractivity contribution >= 4 is 6.09 Å². The quantitative estimate of drug-likeness (QED) is 0.698. The molecule has 0 aromatic heterocycles. The summed E-state index contributed by atoms with van der Waals surface area (Å²) in [5.74, 6) is 2.39. The average molecular weight is 226 g/mol. The molecule has 1 amide bonds. The highest BCUT2D eigenvalue weighted by Gasteiger charge is 2.30. The Morgan fingerprint density at radius 1 is 1.69 bits per heavy atom. The van der Waals surface area contributed by atoms with Gasteiger partial charge in [0.1, 0.15) is 6.61 Å². The van der Waals surface area contributed by atoms with Crippen molar-refractivity contribution in [3.05, 3.63) is 0 Å². The summed E-state index contributed by atoms with van der Waals surface area (Å²) in [5.41, 5.74) is 5.88. The second-order valence-corrected chi connectivity index (χ2v) is 3.65. The van der Waals surface area contributed by atoms with Gasteiger partial charge < -0.3 is 20.1 Å². The van der Waals surface area contributed by atoms with Crippen LogP contribution in [0.25, 0.3) is 0 Å². The summed E-state index contributed by atoms with van der Waals surface area (Å²) in [5, 5.41) is 0. The van der Waals surface area contributed by atoms with Gasteiger partial charge in [0.2, 0.25) is 0 Å². The number of carbonyl (C=O) groups is 1. The molecule has 5 nitrogen and oxygen atoms in total. The molecule has 1 rings (SSSR count). The molecule has 5 heteroatoms. The zero-order valence-corrected chi connectivity index (χ0v) is 9.52. The van der Waals surface area contributed by atoms with Gasteiger partial charge in [-0.25, -0.2) is 4.79 Å². The van der Waals surface area contributed by atoms with Gasteiger partial charge in [-0.15, -0.1) is 6.42 Å².